The maximum atomic E-state index is 12.9. The van der Waals surface area contributed by atoms with Crippen molar-refractivity contribution in [3.63, 3.8) is 0 Å². The zero-order chi connectivity index (χ0) is 27.3. The summed E-state index contributed by atoms with van der Waals surface area (Å²) in [7, 11) is 0. The van der Waals surface area contributed by atoms with E-state index in [1.54, 1.807) is 60.7 Å². The van der Waals surface area contributed by atoms with Gasteiger partial charge in [-0.1, -0.05) is 79.2 Å². The normalized spacial score (nSPS) is 10.9. The number of hydrogen-bond donors (Lipinski definition) is 1. The van der Waals surface area contributed by atoms with Crippen molar-refractivity contribution in [3.05, 3.63) is 126 Å². The lowest BCUT2D eigenvalue weighted by Gasteiger charge is -2.09. The van der Waals surface area contributed by atoms with E-state index >= 15 is 0 Å². The van der Waals surface area contributed by atoms with Crippen LogP contribution in [0.3, 0.4) is 0 Å². The van der Waals surface area contributed by atoms with Crippen LogP contribution in [0.25, 0.3) is 17.2 Å². The summed E-state index contributed by atoms with van der Waals surface area (Å²) < 4.78 is 11.3. The molecule has 0 aliphatic heterocycles. The molecule has 1 N–H and O–H groups in total. The SMILES string of the molecule is O=C(C=Cc1ccc(C(=O)c2ccc(OCCCCCCO)cc2)cc1)Oc1ccccc1-c1ccccc1. The number of aliphatic hydroxyl groups excluding tert-OH is 1. The van der Waals surface area contributed by atoms with Crippen molar-refractivity contribution in [3.8, 4) is 22.6 Å². The maximum Gasteiger partial charge on any atom is 0.336 e. The number of para-hydroxylation sites is 1. The number of benzene rings is 4. The molecule has 0 saturated carbocycles. The third-order valence-corrected chi connectivity index (χ3v) is 6.20. The van der Waals surface area contributed by atoms with Gasteiger partial charge in [0, 0.05) is 29.4 Å². The molecule has 0 atom stereocenters. The first-order valence-corrected chi connectivity index (χ1v) is 13.2. The van der Waals surface area contributed by atoms with Gasteiger partial charge in [-0.3, -0.25) is 4.79 Å². The molecular weight excluding hydrogens is 488 g/mol. The topological polar surface area (TPSA) is 72.8 Å². The Balaban J connectivity index is 1.30. The number of ether oxygens (including phenoxy) is 2. The summed E-state index contributed by atoms with van der Waals surface area (Å²) in [5.74, 6) is 0.658. The zero-order valence-electron chi connectivity index (χ0n) is 21.8. The predicted octanol–water partition coefficient (Wildman–Crippen LogP) is 7.13. The second-order valence-corrected chi connectivity index (χ2v) is 9.08. The summed E-state index contributed by atoms with van der Waals surface area (Å²) in [6.45, 7) is 0.843. The van der Waals surface area contributed by atoms with Crippen LogP contribution in [0.4, 0.5) is 0 Å². The Morgan fingerprint density at radius 1 is 0.692 bits per heavy atom. The number of aliphatic hydroxyl groups is 1. The molecule has 0 fully saturated rings. The molecule has 5 heteroatoms. The minimum absolute atomic E-state index is 0.0852. The van der Waals surface area contributed by atoms with E-state index in [1.807, 2.05) is 48.5 Å². The lowest BCUT2D eigenvalue weighted by molar-refractivity contribution is -0.128. The Bertz CT molecular complexity index is 1370. The Hall–Kier alpha value is -4.48. The van der Waals surface area contributed by atoms with Gasteiger partial charge >= 0.3 is 5.97 Å². The fourth-order valence-corrected chi connectivity index (χ4v) is 4.09. The van der Waals surface area contributed by atoms with Crippen LogP contribution < -0.4 is 9.47 Å². The largest absolute Gasteiger partial charge is 0.494 e. The lowest BCUT2D eigenvalue weighted by atomic mass is 10.0. The van der Waals surface area contributed by atoms with Crippen LogP contribution in [-0.4, -0.2) is 30.1 Å². The molecule has 0 radical (unpaired) electrons. The zero-order valence-corrected chi connectivity index (χ0v) is 21.8. The van der Waals surface area contributed by atoms with Gasteiger partial charge in [-0.25, -0.2) is 4.79 Å². The third-order valence-electron chi connectivity index (χ3n) is 6.20. The van der Waals surface area contributed by atoms with Crippen molar-refractivity contribution in [1.82, 2.24) is 0 Å². The summed E-state index contributed by atoms with van der Waals surface area (Å²) >= 11 is 0. The van der Waals surface area contributed by atoms with Crippen LogP contribution in [0, 0.1) is 0 Å². The quantitative estimate of drug-likeness (QED) is 0.0667. The van der Waals surface area contributed by atoms with Gasteiger partial charge in [-0.05, 0) is 66.8 Å². The first kappa shape index (κ1) is 27.6. The van der Waals surface area contributed by atoms with E-state index < -0.39 is 5.97 Å². The van der Waals surface area contributed by atoms with Crippen LogP contribution in [0.15, 0.2) is 109 Å². The van der Waals surface area contributed by atoms with E-state index in [-0.39, 0.29) is 12.4 Å². The number of carbonyl (C=O) groups is 2. The first-order valence-electron chi connectivity index (χ1n) is 13.2. The monoisotopic (exact) mass is 520 g/mol. The molecule has 0 aromatic heterocycles. The standard InChI is InChI=1S/C34H32O5/c35-24-8-1-2-9-25-38-30-21-19-29(20-22-30)34(37)28-17-14-26(15-18-28)16-23-33(36)39-32-13-7-6-12-31(32)27-10-4-3-5-11-27/h3-7,10-23,35H,1-2,8-9,24-25H2. The number of esters is 1. The molecule has 4 aromatic rings. The van der Waals surface area contributed by atoms with E-state index in [2.05, 4.69) is 0 Å². The number of carbonyl (C=O) groups excluding carboxylic acids is 2. The van der Waals surface area contributed by atoms with Gasteiger partial charge in [0.05, 0.1) is 6.61 Å². The van der Waals surface area contributed by atoms with E-state index in [0.717, 1.165) is 48.1 Å². The highest BCUT2D eigenvalue weighted by atomic mass is 16.5. The summed E-state index contributed by atoms with van der Waals surface area (Å²) in [5.41, 5.74) is 3.73. The van der Waals surface area contributed by atoms with E-state index in [4.69, 9.17) is 14.6 Å². The molecule has 5 nitrogen and oxygen atoms in total. The van der Waals surface area contributed by atoms with Gasteiger partial charge in [-0.2, -0.15) is 0 Å². The Morgan fingerprint density at radius 2 is 1.33 bits per heavy atom. The van der Waals surface area contributed by atoms with Crippen LogP contribution >= 0.6 is 0 Å². The summed E-state index contributed by atoms with van der Waals surface area (Å²) in [4.78, 5) is 25.4. The van der Waals surface area contributed by atoms with Crippen molar-refractivity contribution >= 4 is 17.8 Å². The second kappa shape index (κ2) is 14.5. The highest BCUT2D eigenvalue weighted by Gasteiger charge is 2.10. The molecule has 0 aliphatic rings. The first-order chi connectivity index (χ1) is 19.1. The molecule has 4 rings (SSSR count). The molecule has 0 heterocycles. The Labute approximate surface area is 229 Å². The Kier molecular flexibility index (Phi) is 10.2. The molecule has 0 bridgehead atoms. The van der Waals surface area contributed by atoms with Crippen molar-refractivity contribution < 1.29 is 24.2 Å². The van der Waals surface area contributed by atoms with Crippen molar-refractivity contribution in [2.45, 2.75) is 25.7 Å². The molecule has 0 spiro atoms. The molecule has 198 valence electrons. The van der Waals surface area contributed by atoms with Crippen molar-refractivity contribution in [2.24, 2.45) is 0 Å². The highest BCUT2D eigenvalue weighted by Crippen LogP contribution is 2.29. The van der Waals surface area contributed by atoms with Crippen molar-refractivity contribution in [1.29, 1.82) is 0 Å². The minimum Gasteiger partial charge on any atom is -0.494 e. The van der Waals surface area contributed by atoms with Gasteiger partial charge in [0.1, 0.15) is 11.5 Å². The molecule has 0 amide bonds. The average Bonchev–Trinajstić information content (AvgIpc) is 2.99. The van der Waals surface area contributed by atoms with Crippen LogP contribution in [0.1, 0.15) is 47.2 Å². The highest BCUT2D eigenvalue weighted by molar-refractivity contribution is 6.09. The summed E-state index contributed by atoms with van der Waals surface area (Å²) in [5, 5.41) is 8.82. The van der Waals surface area contributed by atoms with Crippen LogP contribution in [0.5, 0.6) is 11.5 Å². The van der Waals surface area contributed by atoms with Crippen LogP contribution in [0.2, 0.25) is 0 Å². The minimum atomic E-state index is -0.481. The van der Waals surface area contributed by atoms with E-state index in [1.165, 1.54) is 6.08 Å². The number of unbranched alkanes of at least 4 members (excludes halogenated alkanes) is 3. The average molecular weight is 521 g/mol. The molecule has 39 heavy (non-hydrogen) atoms. The van der Waals surface area contributed by atoms with Crippen molar-refractivity contribution in [2.75, 3.05) is 13.2 Å². The maximum absolute atomic E-state index is 12.9. The molecule has 0 unspecified atom stereocenters. The van der Waals surface area contributed by atoms with Gasteiger partial charge in [0.25, 0.3) is 0 Å². The molecule has 0 aliphatic carbocycles. The third kappa shape index (κ3) is 8.25. The second-order valence-electron chi connectivity index (χ2n) is 9.08. The molecule has 0 saturated heterocycles. The van der Waals surface area contributed by atoms with Crippen LogP contribution in [-0.2, 0) is 4.79 Å². The van der Waals surface area contributed by atoms with Gasteiger partial charge in [0.15, 0.2) is 5.78 Å². The fourth-order valence-electron chi connectivity index (χ4n) is 4.09. The van der Waals surface area contributed by atoms with Gasteiger partial charge in [-0.15, -0.1) is 0 Å². The summed E-state index contributed by atoms with van der Waals surface area (Å²) in [6, 6.07) is 31.4. The number of rotatable bonds is 13. The molecular formula is C34H32O5. The fraction of sp³-hybridized carbons (Fsp3) is 0.176. The lowest BCUT2D eigenvalue weighted by Crippen LogP contribution is -2.04. The number of ketones is 1. The van der Waals surface area contributed by atoms with Gasteiger partial charge in [0.2, 0.25) is 0 Å². The number of hydrogen-bond acceptors (Lipinski definition) is 5. The Morgan fingerprint density at radius 3 is 2.05 bits per heavy atom. The van der Waals surface area contributed by atoms with E-state index in [0.29, 0.717) is 23.5 Å². The van der Waals surface area contributed by atoms with E-state index in [9.17, 15) is 9.59 Å². The smallest absolute Gasteiger partial charge is 0.336 e. The summed E-state index contributed by atoms with van der Waals surface area (Å²) in [6.07, 6.45) is 6.81. The predicted molar refractivity (Wildman–Crippen MR) is 154 cm³/mol. The molecule has 4 aromatic carbocycles. The van der Waals surface area contributed by atoms with Gasteiger partial charge < -0.3 is 14.6 Å².